The van der Waals surface area contributed by atoms with Crippen LogP contribution in [0.25, 0.3) is 0 Å². The number of nitrogens with one attached hydrogen (secondary N) is 1. The number of pyridine rings is 1. The van der Waals surface area contributed by atoms with E-state index in [0.717, 1.165) is 12.1 Å². The van der Waals surface area contributed by atoms with E-state index in [1.807, 2.05) is 0 Å². The molecule has 0 aliphatic rings. The number of nitrogens with two attached hydrogens (primary N) is 1. The molecule has 0 bridgehead atoms. The fourth-order valence-corrected chi connectivity index (χ4v) is 1.26. The van der Waals surface area contributed by atoms with E-state index >= 15 is 0 Å². The fraction of sp³-hybridized carbons (Fsp3) is 0. The lowest BCUT2D eigenvalue weighted by atomic mass is 10.3. The molecule has 0 saturated carbocycles. The summed E-state index contributed by atoms with van der Waals surface area (Å²) in [7, 11) is 0. The number of halogens is 2. The van der Waals surface area contributed by atoms with E-state index in [-0.39, 0.29) is 11.5 Å². The van der Waals surface area contributed by atoms with Crippen LogP contribution >= 0.6 is 0 Å². The molecule has 0 amide bonds. The van der Waals surface area contributed by atoms with Crippen LogP contribution in [0.15, 0.2) is 36.5 Å². The summed E-state index contributed by atoms with van der Waals surface area (Å²) >= 11 is 0. The maximum atomic E-state index is 13.3. The van der Waals surface area contributed by atoms with Crippen molar-refractivity contribution in [3.8, 4) is 0 Å². The minimum Gasteiger partial charge on any atom is -0.396 e. The van der Waals surface area contributed by atoms with Crippen molar-refractivity contribution in [1.29, 1.82) is 0 Å². The predicted molar refractivity (Wildman–Crippen MR) is 58.3 cm³/mol. The Morgan fingerprint density at radius 2 is 1.75 bits per heavy atom. The lowest BCUT2D eigenvalue weighted by molar-refractivity contribution is 0.590. The number of hydrogen-bond donors (Lipinski definition) is 2. The van der Waals surface area contributed by atoms with E-state index < -0.39 is 11.6 Å². The second kappa shape index (κ2) is 4.14. The summed E-state index contributed by atoms with van der Waals surface area (Å²) < 4.78 is 26.6. The number of hydrogen-bond acceptors (Lipinski definition) is 3. The molecule has 1 aromatic heterocycles. The molecule has 3 N–H and O–H groups in total. The van der Waals surface area contributed by atoms with Gasteiger partial charge in [-0.25, -0.2) is 13.8 Å². The van der Waals surface area contributed by atoms with Crippen LogP contribution in [0.2, 0.25) is 0 Å². The number of nitrogens with zero attached hydrogens (tertiary/aromatic N) is 1. The maximum absolute atomic E-state index is 13.3. The minimum atomic E-state index is -0.690. The van der Waals surface area contributed by atoms with E-state index in [9.17, 15) is 8.78 Å². The van der Waals surface area contributed by atoms with Gasteiger partial charge in [0.05, 0.1) is 5.69 Å². The lowest BCUT2D eigenvalue weighted by Crippen LogP contribution is -2.02. The van der Waals surface area contributed by atoms with Crippen LogP contribution in [0.1, 0.15) is 0 Å². The third-order valence-corrected chi connectivity index (χ3v) is 2.05. The summed E-state index contributed by atoms with van der Waals surface area (Å²) in [5.41, 5.74) is 5.67. The molecule has 1 aromatic carbocycles. The van der Waals surface area contributed by atoms with Crippen molar-refractivity contribution in [2.75, 3.05) is 11.1 Å². The van der Waals surface area contributed by atoms with Crippen molar-refractivity contribution in [1.82, 2.24) is 4.98 Å². The molecule has 82 valence electrons. The number of para-hydroxylation sites is 1. The molecule has 0 fully saturated rings. The molecule has 0 aliphatic carbocycles. The summed E-state index contributed by atoms with van der Waals surface area (Å²) in [6, 6.07) is 6.83. The molecule has 0 atom stereocenters. The van der Waals surface area contributed by atoms with E-state index in [4.69, 9.17) is 5.73 Å². The maximum Gasteiger partial charge on any atom is 0.153 e. The van der Waals surface area contributed by atoms with Gasteiger partial charge < -0.3 is 11.1 Å². The zero-order chi connectivity index (χ0) is 11.5. The third-order valence-electron chi connectivity index (χ3n) is 2.05. The Hall–Kier alpha value is -2.17. The van der Waals surface area contributed by atoms with Crippen molar-refractivity contribution in [2.45, 2.75) is 0 Å². The number of benzene rings is 1. The summed E-state index contributed by atoms with van der Waals surface area (Å²) in [5.74, 6) is -1.15. The Labute approximate surface area is 90.9 Å². The highest BCUT2D eigenvalue weighted by Crippen LogP contribution is 2.24. The molecule has 0 radical (unpaired) electrons. The largest absolute Gasteiger partial charge is 0.396 e. The van der Waals surface area contributed by atoms with Crippen LogP contribution in [0.3, 0.4) is 0 Å². The highest BCUT2D eigenvalue weighted by atomic mass is 19.1. The molecule has 5 heteroatoms. The molecular formula is C11H9F2N3. The van der Waals surface area contributed by atoms with Crippen molar-refractivity contribution < 1.29 is 8.78 Å². The molecule has 1 heterocycles. The van der Waals surface area contributed by atoms with Crippen LogP contribution in [0.5, 0.6) is 0 Å². The Morgan fingerprint density at radius 1 is 1.06 bits per heavy atom. The smallest absolute Gasteiger partial charge is 0.153 e. The second-order valence-corrected chi connectivity index (χ2v) is 3.16. The zero-order valence-corrected chi connectivity index (χ0v) is 8.24. The van der Waals surface area contributed by atoms with Gasteiger partial charge in [-0.05, 0) is 24.3 Å². The van der Waals surface area contributed by atoms with E-state index in [1.54, 1.807) is 12.1 Å². The molecule has 16 heavy (non-hydrogen) atoms. The van der Waals surface area contributed by atoms with Gasteiger partial charge in [-0.15, -0.1) is 0 Å². The summed E-state index contributed by atoms with van der Waals surface area (Å²) in [5, 5.41) is 2.52. The first-order valence-electron chi connectivity index (χ1n) is 4.60. The van der Waals surface area contributed by atoms with Gasteiger partial charge in [0, 0.05) is 6.20 Å². The lowest BCUT2D eigenvalue weighted by Gasteiger charge is -2.09. The van der Waals surface area contributed by atoms with Crippen LogP contribution in [-0.2, 0) is 0 Å². The molecule has 0 aliphatic heterocycles. The second-order valence-electron chi connectivity index (χ2n) is 3.16. The number of rotatable bonds is 2. The topological polar surface area (TPSA) is 50.9 Å². The third kappa shape index (κ3) is 1.93. The monoisotopic (exact) mass is 221 g/mol. The number of nitrogen functional groups attached to an aromatic ring is 1. The summed E-state index contributed by atoms with van der Waals surface area (Å²) in [4.78, 5) is 3.89. The Balaban J connectivity index is 2.38. The quantitative estimate of drug-likeness (QED) is 0.819. The van der Waals surface area contributed by atoms with E-state index in [2.05, 4.69) is 10.3 Å². The Bertz CT molecular complexity index is 494. The highest BCUT2D eigenvalue weighted by molar-refractivity contribution is 5.68. The molecule has 0 saturated heterocycles. The molecule has 2 rings (SSSR count). The van der Waals surface area contributed by atoms with Gasteiger partial charge in [-0.2, -0.15) is 0 Å². The Kier molecular flexibility index (Phi) is 2.68. The molecular weight excluding hydrogens is 212 g/mol. The SMILES string of the molecule is Nc1cccnc1Nc1c(F)cccc1F. The fourth-order valence-electron chi connectivity index (χ4n) is 1.26. The average molecular weight is 221 g/mol. The Morgan fingerprint density at radius 3 is 2.38 bits per heavy atom. The van der Waals surface area contributed by atoms with Crippen LogP contribution in [0, 0.1) is 11.6 Å². The average Bonchev–Trinajstić information content (AvgIpc) is 2.26. The highest BCUT2D eigenvalue weighted by Gasteiger charge is 2.09. The van der Waals surface area contributed by atoms with Crippen molar-refractivity contribution in [2.24, 2.45) is 0 Å². The molecule has 3 nitrogen and oxygen atoms in total. The molecule has 0 spiro atoms. The first-order chi connectivity index (χ1) is 7.68. The van der Waals surface area contributed by atoms with Crippen LogP contribution in [0.4, 0.5) is 26.0 Å². The van der Waals surface area contributed by atoms with Gasteiger partial charge in [0.1, 0.15) is 17.3 Å². The normalized spacial score (nSPS) is 10.1. The van der Waals surface area contributed by atoms with E-state index in [0.29, 0.717) is 5.69 Å². The van der Waals surface area contributed by atoms with Crippen LogP contribution < -0.4 is 11.1 Å². The predicted octanol–water partition coefficient (Wildman–Crippen LogP) is 2.69. The minimum absolute atomic E-state index is 0.228. The summed E-state index contributed by atoms with van der Waals surface area (Å²) in [6.07, 6.45) is 1.48. The first-order valence-corrected chi connectivity index (χ1v) is 4.60. The zero-order valence-electron chi connectivity index (χ0n) is 8.24. The van der Waals surface area contributed by atoms with Gasteiger partial charge in [-0.1, -0.05) is 6.07 Å². The summed E-state index contributed by atoms with van der Waals surface area (Å²) in [6.45, 7) is 0. The first kappa shape index (κ1) is 10.4. The van der Waals surface area contributed by atoms with Crippen molar-refractivity contribution in [3.05, 3.63) is 48.2 Å². The number of aromatic nitrogens is 1. The number of anilines is 3. The van der Waals surface area contributed by atoms with Crippen molar-refractivity contribution >= 4 is 17.2 Å². The standard InChI is InChI=1S/C11H9F2N3/c12-7-3-1-4-8(13)10(7)16-11-9(14)5-2-6-15-11/h1-6H,14H2,(H,15,16). The van der Waals surface area contributed by atoms with Gasteiger partial charge >= 0.3 is 0 Å². The van der Waals surface area contributed by atoms with Gasteiger partial charge in [-0.3, -0.25) is 0 Å². The van der Waals surface area contributed by atoms with Gasteiger partial charge in [0.25, 0.3) is 0 Å². The van der Waals surface area contributed by atoms with Crippen LogP contribution in [-0.4, -0.2) is 4.98 Å². The molecule has 2 aromatic rings. The van der Waals surface area contributed by atoms with Crippen molar-refractivity contribution in [3.63, 3.8) is 0 Å². The van der Waals surface area contributed by atoms with Gasteiger partial charge in [0.2, 0.25) is 0 Å². The van der Waals surface area contributed by atoms with E-state index in [1.165, 1.54) is 12.3 Å². The van der Waals surface area contributed by atoms with Gasteiger partial charge in [0.15, 0.2) is 5.82 Å². The molecule has 0 unspecified atom stereocenters.